The number of halogens is 1. The lowest BCUT2D eigenvalue weighted by Crippen LogP contribution is -2.58. The number of amides is 4. The summed E-state index contributed by atoms with van der Waals surface area (Å²) in [6, 6.07) is 12.7. The highest BCUT2D eigenvalue weighted by Crippen LogP contribution is 2.40. The van der Waals surface area contributed by atoms with Gasteiger partial charge in [-0.15, -0.1) is 32.9 Å². The lowest BCUT2D eigenvalue weighted by molar-refractivity contribution is -0.147. The van der Waals surface area contributed by atoms with Crippen LogP contribution >= 0.6 is 34.3 Å². The second kappa shape index (κ2) is 20.9. The van der Waals surface area contributed by atoms with Crippen LogP contribution in [0.5, 0.6) is 0 Å². The number of aryl methyl sites for hydroxylation is 3. The molecule has 19 heteroatoms. The smallest absolute Gasteiger partial charge is 0.246 e. The first-order chi connectivity index (χ1) is 32.9. The average Bonchev–Trinajstić information content (AvgIpc) is 4.06. The van der Waals surface area contributed by atoms with Gasteiger partial charge < -0.3 is 35.4 Å². The summed E-state index contributed by atoms with van der Waals surface area (Å²) >= 11 is 9.47. The van der Waals surface area contributed by atoms with Gasteiger partial charge in [-0.1, -0.05) is 68.8 Å². The van der Waals surface area contributed by atoms with Crippen LogP contribution < -0.4 is 16.0 Å². The summed E-state index contributed by atoms with van der Waals surface area (Å²) in [5, 5.41) is 30.0. The highest BCUT2D eigenvalue weighted by molar-refractivity contribution is 7.15. The molecule has 8 rings (SSSR count). The number of ether oxygens (including phenoxy) is 2. The Labute approximate surface area is 415 Å². The van der Waals surface area contributed by atoms with Crippen LogP contribution in [0.15, 0.2) is 59.0 Å². The molecule has 1 saturated carbocycles. The fraction of sp³-hybridized carbons (Fsp3) is 0.480. The minimum Gasteiger partial charge on any atom is -0.391 e. The quantitative estimate of drug-likeness (QED) is 0.0774. The molecular weight excluding hydrogens is 938 g/mol. The number of carbonyl (C=O) groups is 4. The summed E-state index contributed by atoms with van der Waals surface area (Å²) < 4.78 is 13.9. The van der Waals surface area contributed by atoms with Crippen molar-refractivity contribution in [3.8, 4) is 15.4 Å². The molecule has 0 radical (unpaired) electrons. The molecule has 69 heavy (non-hydrogen) atoms. The first-order valence-corrected chi connectivity index (χ1v) is 25.4. The Balaban J connectivity index is 0.784. The number of aromatic nitrogens is 4. The van der Waals surface area contributed by atoms with Gasteiger partial charge in [0.25, 0.3) is 0 Å². The largest absolute Gasteiger partial charge is 0.391 e. The zero-order valence-electron chi connectivity index (χ0n) is 40.2. The Morgan fingerprint density at radius 3 is 2.29 bits per heavy atom. The van der Waals surface area contributed by atoms with E-state index in [4.69, 9.17) is 26.1 Å². The van der Waals surface area contributed by atoms with Crippen molar-refractivity contribution < 1.29 is 33.8 Å². The molecule has 366 valence electrons. The molecule has 0 bridgehead atoms. The molecule has 5 aromatic rings. The predicted octanol–water partition coefficient (Wildman–Crippen LogP) is 6.67. The maximum absolute atomic E-state index is 14.1. The molecule has 1 unspecified atom stereocenters. The number of nitrogens with one attached hydrogen (secondary N) is 3. The van der Waals surface area contributed by atoms with Gasteiger partial charge >= 0.3 is 0 Å². The van der Waals surface area contributed by atoms with Crippen molar-refractivity contribution in [2.24, 2.45) is 10.4 Å². The summed E-state index contributed by atoms with van der Waals surface area (Å²) in [4.78, 5) is 67.7. The van der Waals surface area contributed by atoms with Crippen LogP contribution in [0, 0.1) is 33.1 Å². The SMILES string of the molecule is Cc1ncsc1-c1ccc([C@H](C)NC(=O)[C@@H]2C[C@@H](O)CN2C(=O)C(NC(=O)CO[C@H]2C[C@H](OCCNC(=O)C[C@@H]3N=C(c4ccc(Cl)cc4)c4c(sc(C)c4C)-n4c(C)nnc43)C2)C(C)(C)C)cc1. The van der Waals surface area contributed by atoms with Gasteiger partial charge in [-0.25, -0.2) is 4.98 Å². The Kier molecular flexibility index (Phi) is 15.2. The molecule has 1 saturated heterocycles. The molecule has 1 aliphatic carbocycles. The van der Waals surface area contributed by atoms with E-state index >= 15 is 0 Å². The van der Waals surface area contributed by atoms with Gasteiger partial charge in [-0.05, 0) is 81.7 Å². The van der Waals surface area contributed by atoms with Crippen LogP contribution in [0.25, 0.3) is 15.4 Å². The van der Waals surface area contributed by atoms with Crippen molar-refractivity contribution in [1.29, 1.82) is 0 Å². The van der Waals surface area contributed by atoms with Crippen molar-refractivity contribution in [1.82, 2.24) is 40.6 Å². The van der Waals surface area contributed by atoms with Gasteiger partial charge in [0.05, 0.1) is 59.2 Å². The normalized spacial score (nSPS) is 20.8. The fourth-order valence-electron chi connectivity index (χ4n) is 9.00. The maximum Gasteiger partial charge on any atom is 0.246 e. The van der Waals surface area contributed by atoms with E-state index in [9.17, 15) is 24.3 Å². The van der Waals surface area contributed by atoms with E-state index in [-0.39, 0.29) is 62.7 Å². The summed E-state index contributed by atoms with van der Waals surface area (Å²) in [5.74, 6) is -0.164. The van der Waals surface area contributed by atoms with Crippen LogP contribution in [0.2, 0.25) is 5.02 Å². The summed E-state index contributed by atoms with van der Waals surface area (Å²) in [7, 11) is 0. The first kappa shape index (κ1) is 50.0. The van der Waals surface area contributed by atoms with Crippen LogP contribution in [0.1, 0.15) is 110 Å². The molecule has 2 aromatic carbocycles. The maximum atomic E-state index is 14.1. The Morgan fingerprint density at radius 1 is 0.913 bits per heavy atom. The number of β-amino-alcohol motifs (C(OH)–C–C–N with tert-alkyl or cyclic N) is 1. The number of aliphatic hydroxyl groups excluding tert-OH is 1. The molecule has 4 amide bonds. The molecule has 2 aliphatic heterocycles. The van der Waals surface area contributed by atoms with Crippen LogP contribution in [0.3, 0.4) is 0 Å². The second-order valence-electron chi connectivity index (χ2n) is 19.2. The zero-order valence-corrected chi connectivity index (χ0v) is 42.6. The number of thiophene rings is 1. The van der Waals surface area contributed by atoms with Crippen LogP contribution in [-0.4, -0.2) is 116 Å². The van der Waals surface area contributed by atoms with Gasteiger partial charge in [-0.2, -0.15) is 0 Å². The third-order valence-corrected chi connectivity index (χ3v) is 15.5. The molecule has 16 nitrogen and oxygen atoms in total. The topological polar surface area (TPSA) is 202 Å². The number of fused-ring (bicyclic) bond motifs is 3. The van der Waals surface area contributed by atoms with E-state index in [0.29, 0.717) is 36.1 Å². The Hall–Kier alpha value is -5.37. The molecule has 3 aliphatic rings. The summed E-state index contributed by atoms with van der Waals surface area (Å²) in [5.41, 5.74) is 7.78. The minimum atomic E-state index is -0.980. The lowest BCUT2D eigenvalue weighted by Gasteiger charge is -2.36. The van der Waals surface area contributed by atoms with Crippen molar-refractivity contribution in [3.63, 3.8) is 0 Å². The Bertz CT molecular complexity index is 2720. The minimum absolute atomic E-state index is 0.0268. The number of hydrogen-bond donors (Lipinski definition) is 4. The third kappa shape index (κ3) is 11.2. The number of benzene rings is 2. The first-order valence-electron chi connectivity index (χ1n) is 23.3. The molecule has 3 aromatic heterocycles. The van der Waals surface area contributed by atoms with Crippen molar-refractivity contribution in [3.05, 3.63) is 104 Å². The Morgan fingerprint density at radius 2 is 1.61 bits per heavy atom. The fourth-order valence-corrected chi connectivity index (χ4v) is 11.1. The number of aliphatic hydroxyl groups is 1. The highest BCUT2D eigenvalue weighted by atomic mass is 35.5. The van der Waals surface area contributed by atoms with E-state index < -0.39 is 41.5 Å². The number of carbonyl (C=O) groups excluding carboxylic acids is 4. The molecule has 5 heterocycles. The monoisotopic (exact) mass is 997 g/mol. The predicted molar refractivity (Wildman–Crippen MR) is 266 cm³/mol. The van der Waals surface area contributed by atoms with E-state index in [1.54, 1.807) is 22.7 Å². The number of rotatable bonds is 16. The van der Waals surface area contributed by atoms with E-state index in [0.717, 1.165) is 54.0 Å². The molecule has 4 N–H and O–H groups in total. The van der Waals surface area contributed by atoms with E-state index in [1.165, 1.54) is 4.90 Å². The number of thiazole rings is 1. The van der Waals surface area contributed by atoms with Gasteiger partial charge in [0.1, 0.15) is 35.6 Å². The highest BCUT2D eigenvalue weighted by Gasteiger charge is 2.45. The zero-order chi connectivity index (χ0) is 49.3. The second-order valence-corrected chi connectivity index (χ2v) is 21.7. The summed E-state index contributed by atoms with van der Waals surface area (Å²) in [6.45, 7) is 15.7. The van der Waals surface area contributed by atoms with Gasteiger partial charge in [-0.3, -0.25) is 28.7 Å². The standard InChI is InChI=1S/C50H60ClN9O7S2/c1-26-29(4)69-49-42(26)43(32-13-15-34(51)16-14-32)55-38(46-58-57-30(5)60(46)49)22-40(62)52-17-18-66-36-20-37(21-36)67-24-41(63)56-45(50(6,7)8)48(65)59-23-35(61)19-39(59)47(64)54-27(2)31-9-11-33(12-10-31)44-28(3)53-25-68-44/h9-16,25,27,35-39,45,61H,17-24H2,1-8H3,(H,52,62)(H,54,64)(H,56,63)/t27-,35+,36-,37-,38-,39-,45?/m0/s1. The van der Waals surface area contributed by atoms with Crippen molar-refractivity contribution in [2.45, 2.75) is 124 Å². The van der Waals surface area contributed by atoms with E-state index in [1.807, 2.05) is 100 Å². The molecule has 5 atom stereocenters. The van der Waals surface area contributed by atoms with E-state index in [2.05, 4.69) is 45.0 Å². The van der Waals surface area contributed by atoms with Crippen LogP contribution in [0.4, 0.5) is 0 Å². The third-order valence-electron chi connectivity index (χ3n) is 13.1. The van der Waals surface area contributed by atoms with Gasteiger partial charge in [0, 0.05) is 40.5 Å². The molecular formula is C50H60ClN9O7S2. The van der Waals surface area contributed by atoms with Crippen LogP contribution in [-0.2, 0) is 28.7 Å². The number of aliphatic imine (C=N–C) groups is 1. The van der Waals surface area contributed by atoms with Gasteiger partial charge in [0.2, 0.25) is 23.6 Å². The summed E-state index contributed by atoms with van der Waals surface area (Å²) in [6.07, 6.45) is 0.0900. The number of likely N-dealkylation sites (tertiary alicyclic amines) is 1. The molecule has 2 fully saturated rings. The number of hydrogen-bond acceptors (Lipinski definition) is 13. The van der Waals surface area contributed by atoms with Crippen molar-refractivity contribution in [2.75, 3.05) is 26.3 Å². The van der Waals surface area contributed by atoms with Crippen molar-refractivity contribution >= 4 is 63.6 Å². The number of nitrogens with zero attached hydrogens (tertiary/aromatic N) is 6. The van der Waals surface area contributed by atoms with Gasteiger partial charge in [0.15, 0.2) is 5.82 Å². The molecule has 0 spiro atoms. The lowest BCUT2D eigenvalue weighted by atomic mass is 9.85. The average molecular weight is 999 g/mol.